The average Bonchev–Trinajstić information content (AvgIpc) is 1.86. The first-order valence-electron chi connectivity index (χ1n) is 2.85. The number of carbonyl (C=O) groups excluding carboxylic acids is 1. The van der Waals surface area contributed by atoms with Gasteiger partial charge in [0.2, 0.25) is 12.7 Å². The van der Waals surface area contributed by atoms with Gasteiger partial charge in [0.15, 0.2) is 0 Å². The van der Waals surface area contributed by atoms with Crippen LogP contribution in [0.5, 0.6) is 0 Å². The molecule has 0 aliphatic rings. The van der Waals surface area contributed by atoms with Crippen molar-refractivity contribution in [2.45, 2.75) is 12.7 Å². The fraction of sp³-hybridized carbons (Fsp3) is 0.750. The Morgan fingerprint density at radius 3 is 2.82 bits per heavy atom. The average molecular weight is 182 g/mol. The molecule has 0 rings (SSSR count). The molecule has 1 amide bonds. The first-order valence-corrected chi connectivity index (χ1v) is 3.98. The highest BCUT2D eigenvalue weighted by atomic mass is 31.1. The molecular weight excluding hydrogens is 173 g/mol. The number of aliphatic hydroxyl groups excluding tert-OH is 1. The minimum absolute atomic E-state index is 0.0837. The third-order valence-corrected chi connectivity index (χ3v) is 1.25. The summed E-state index contributed by atoms with van der Waals surface area (Å²) < 4.78 is 14.0. The van der Waals surface area contributed by atoms with Gasteiger partial charge in [-0.15, -0.1) is 4.89 Å². The normalized spacial score (nSPS) is 13.8. The molecule has 2 unspecified atom stereocenters. The highest BCUT2D eigenvalue weighted by molar-refractivity contribution is 7.32. The second kappa shape index (κ2) is 6.18. The van der Waals surface area contributed by atoms with Crippen molar-refractivity contribution in [2.24, 2.45) is 0 Å². The topological polar surface area (TPSA) is 95.9 Å². The van der Waals surface area contributed by atoms with Crippen LogP contribution in [0, 0.1) is 0 Å². The number of hydrogen-bond acceptors (Lipinski definition) is 4. The number of carbonyl (C=O) groups is 1. The van der Waals surface area contributed by atoms with Gasteiger partial charge in [0.1, 0.15) is 0 Å². The van der Waals surface area contributed by atoms with Gasteiger partial charge in [-0.2, -0.15) is 0 Å². The van der Waals surface area contributed by atoms with Crippen molar-refractivity contribution in [1.82, 2.24) is 5.32 Å². The van der Waals surface area contributed by atoms with E-state index in [0.29, 0.717) is 6.41 Å². The van der Waals surface area contributed by atoms with Crippen molar-refractivity contribution < 1.29 is 23.9 Å². The molecule has 0 saturated heterocycles. The summed E-state index contributed by atoms with van der Waals surface area (Å²) >= 11 is 0. The van der Waals surface area contributed by atoms with Gasteiger partial charge < -0.3 is 10.4 Å². The lowest BCUT2D eigenvalue weighted by Crippen LogP contribution is -2.19. The molecule has 0 aromatic carbocycles. The lowest BCUT2D eigenvalue weighted by Gasteiger charge is -2.00. The van der Waals surface area contributed by atoms with E-state index in [1.165, 1.54) is 0 Å². The fourth-order valence-corrected chi connectivity index (χ4v) is 0.736. The third kappa shape index (κ3) is 7.35. The third-order valence-electron chi connectivity index (χ3n) is 0.831. The van der Waals surface area contributed by atoms with E-state index in [1.807, 2.05) is 0 Å². The first-order chi connectivity index (χ1) is 5.16. The highest BCUT2D eigenvalue weighted by Gasteiger charge is 2.19. The van der Waals surface area contributed by atoms with E-state index in [9.17, 15) is 9.36 Å². The lowest BCUT2D eigenvalue weighted by atomic mass is 10.4. The van der Waals surface area contributed by atoms with Gasteiger partial charge in [0.25, 0.3) is 0 Å². The van der Waals surface area contributed by atoms with Crippen LogP contribution in [0.1, 0.15) is 6.42 Å². The van der Waals surface area contributed by atoms with Crippen LogP contribution >= 0.6 is 8.25 Å². The van der Waals surface area contributed by atoms with E-state index in [2.05, 4.69) is 9.84 Å². The maximum absolute atomic E-state index is 9.92. The lowest BCUT2D eigenvalue weighted by molar-refractivity contribution is -0.109. The predicted molar refractivity (Wildman–Crippen MR) is 35.6 cm³/mol. The number of nitrogens with one attached hydrogen (secondary N) is 1. The molecule has 2 atom stereocenters. The summed E-state index contributed by atoms with van der Waals surface area (Å²) in [6, 6.07) is 0. The van der Waals surface area contributed by atoms with Crippen LogP contribution in [0.2, 0.25) is 0 Å². The van der Waals surface area contributed by atoms with Gasteiger partial charge in [-0.3, -0.25) is 4.79 Å². The summed E-state index contributed by atoms with van der Waals surface area (Å²) in [6.45, 7) is 0.202. The van der Waals surface area contributed by atoms with Gasteiger partial charge in [-0.25, -0.2) is 0 Å². The first kappa shape index (κ1) is 10.4. The molecule has 7 heteroatoms. The van der Waals surface area contributed by atoms with Gasteiger partial charge in [0, 0.05) is 17.5 Å². The zero-order chi connectivity index (χ0) is 8.69. The molecule has 0 aliphatic carbocycles. The monoisotopic (exact) mass is 182 g/mol. The maximum atomic E-state index is 9.92. The zero-order valence-corrected chi connectivity index (χ0v) is 6.53. The molecule has 0 bridgehead atoms. The minimum atomic E-state index is -2.78. The standard InChI is InChI=1S/C4H8NO5P/c6-3-5-2-1-4(7)10-11(8)9/h3-4,7H,1-2H2,(H-,5,6,8,9)/p+1. The van der Waals surface area contributed by atoms with Crippen molar-refractivity contribution in [3.05, 3.63) is 0 Å². The molecule has 0 saturated carbocycles. The minimum Gasteiger partial charge on any atom is -0.364 e. The van der Waals surface area contributed by atoms with E-state index in [0.717, 1.165) is 0 Å². The van der Waals surface area contributed by atoms with Crippen LogP contribution < -0.4 is 5.32 Å². The van der Waals surface area contributed by atoms with Gasteiger partial charge in [-0.1, -0.05) is 4.52 Å². The Balaban J connectivity index is 3.28. The summed E-state index contributed by atoms with van der Waals surface area (Å²) in [4.78, 5) is 17.8. The SMILES string of the molecule is O=CNCCC(O)O[P+](=O)O. The van der Waals surface area contributed by atoms with Crippen LogP contribution in [0.4, 0.5) is 0 Å². The highest BCUT2D eigenvalue weighted by Crippen LogP contribution is 2.17. The second-order valence-electron chi connectivity index (χ2n) is 1.66. The van der Waals surface area contributed by atoms with E-state index < -0.39 is 14.5 Å². The molecule has 0 aliphatic heterocycles. The summed E-state index contributed by atoms with van der Waals surface area (Å²) in [6.07, 6.45) is -0.762. The Hall–Kier alpha value is -0.550. The molecular formula is C4H9NO5P+. The Kier molecular flexibility index (Phi) is 5.87. The Morgan fingerprint density at radius 2 is 2.36 bits per heavy atom. The quantitative estimate of drug-likeness (QED) is 0.214. The number of aliphatic hydroxyl groups is 1. The van der Waals surface area contributed by atoms with E-state index in [1.54, 1.807) is 0 Å². The molecule has 0 heterocycles. The van der Waals surface area contributed by atoms with Crippen molar-refractivity contribution in [2.75, 3.05) is 6.54 Å². The van der Waals surface area contributed by atoms with Crippen LogP contribution in [-0.2, 0) is 13.9 Å². The molecule has 3 N–H and O–H groups in total. The number of amides is 1. The summed E-state index contributed by atoms with van der Waals surface area (Å²) in [5, 5.41) is 11.0. The second-order valence-corrected chi connectivity index (χ2v) is 2.35. The fourth-order valence-electron chi connectivity index (χ4n) is 0.423. The van der Waals surface area contributed by atoms with Crippen molar-refractivity contribution in [3.63, 3.8) is 0 Å². The van der Waals surface area contributed by atoms with Gasteiger partial charge in [-0.05, 0) is 0 Å². The van der Waals surface area contributed by atoms with Crippen LogP contribution in [0.3, 0.4) is 0 Å². The predicted octanol–water partition coefficient (Wildman–Crippen LogP) is -0.893. The summed E-state index contributed by atoms with van der Waals surface area (Å²) in [5.74, 6) is 0. The summed E-state index contributed by atoms with van der Waals surface area (Å²) in [5.41, 5.74) is 0. The van der Waals surface area contributed by atoms with E-state index >= 15 is 0 Å². The number of rotatable bonds is 6. The van der Waals surface area contributed by atoms with Gasteiger partial charge in [0.05, 0.1) is 0 Å². The van der Waals surface area contributed by atoms with Crippen molar-refractivity contribution in [3.8, 4) is 0 Å². The zero-order valence-electron chi connectivity index (χ0n) is 5.64. The number of hydrogen-bond donors (Lipinski definition) is 3. The van der Waals surface area contributed by atoms with E-state index in [4.69, 9.17) is 10.00 Å². The Morgan fingerprint density at radius 1 is 1.73 bits per heavy atom. The van der Waals surface area contributed by atoms with E-state index in [-0.39, 0.29) is 13.0 Å². The van der Waals surface area contributed by atoms with Crippen molar-refractivity contribution in [1.29, 1.82) is 0 Å². The van der Waals surface area contributed by atoms with Crippen LogP contribution in [0.15, 0.2) is 0 Å². The smallest absolute Gasteiger partial charge is 0.364 e. The molecule has 0 aromatic rings. The Bertz CT molecular complexity index is 140. The Labute approximate surface area is 64.1 Å². The molecule has 0 radical (unpaired) electrons. The maximum Gasteiger partial charge on any atom is 0.697 e. The molecule has 0 aromatic heterocycles. The largest absolute Gasteiger partial charge is 0.697 e. The van der Waals surface area contributed by atoms with Gasteiger partial charge >= 0.3 is 8.25 Å². The molecule has 0 fully saturated rings. The molecule has 6 nitrogen and oxygen atoms in total. The summed E-state index contributed by atoms with van der Waals surface area (Å²) in [7, 11) is -2.78. The molecule has 11 heavy (non-hydrogen) atoms. The van der Waals surface area contributed by atoms with Crippen LogP contribution in [0.25, 0.3) is 0 Å². The van der Waals surface area contributed by atoms with Crippen LogP contribution in [-0.4, -0.2) is 29.2 Å². The van der Waals surface area contributed by atoms with Crippen molar-refractivity contribution >= 4 is 14.7 Å². The molecule has 0 spiro atoms. The molecule has 64 valence electrons.